The number of ether oxygens (including phenoxy) is 1. The van der Waals surface area contributed by atoms with E-state index in [9.17, 15) is 9.59 Å². The van der Waals surface area contributed by atoms with E-state index in [0.29, 0.717) is 6.42 Å². The summed E-state index contributed by atoms with van der Waals surface area (Å²) in [6.07, 6.45) is 9.36. The van der Waals surface area contributed by atoms with E-state index in [1.807, 2.05) is 0 Å². The van der Waals surface area contributed by atoms with Crippen LogP contribution in [0.15, 0.2) is 11.8 Å². The molecule has 0 amide bonds. The fraction of sp³-hybridized carbons (Fsp3) is 0.714. The molecule has 0 saturated heterocycles. The number of carbonyl (C=O) groups is 2. The second-order valence-corrected chi connectivity index (χ2v) is 4.47. The standard InChI is InChI=1S/C14H24O4.Zn/c1-3-4-5-6-7-8-9-10-13(15)18-11-12(2)14(16)17;/h11H,3-10H2,1-2H3,(H,16,17);. The number of esters is 1. The van der Waals surface area contributed by atoms with Crippen molar-refractivity contribution in [1.82, 2.24) is 0 Å². The smallest absolute Gasteiger partial charge is 0.334 e. The number of hydrogen-bond donors (Lipinski definition) is 1. The molecule has 0 aliphatic rings. The molecule has 0 aromatic rings. The van der Waals surface area contributed by atoms with Crippen molar-refractivity contribution in [2.24, 2.45) is 0 Å². The molecular formula is C14H24O4Zn. The van der Waals surface area contributed by atoms with Crippen molar-refractivity contribution >= 4 is 11.9 Å². The molecule has 0 aliphatic carbocycles. The van der Waals surface area contributed by atoms with Crippen molar-refractivity contribution < 1.29 is 38.9 Å². The van der Waals surface area contributed by atoms with Gasteiger partial charge in [0.1, 0.15) is 6.26 Å². The molecule has 0 aromatic heterocycles. The van der Waals surface area contributed by atoms with Crippen LogP contribution in [0.1, 0.15) is 65.2 Å². The van der Waals surface area contributed by atoms with Gasteiger partial charge in [-0.15, -0.1) is 0 Å². The summed E-state index contributed by atoms with van der Waals surface area (Å²) in [7, 11) is 0. The van der Waals surface area contributed by atoms with E-state index in [4.69, 9.17) is 9.84 Å². The summed E-state index contributed by atoms with van der Waals surface area (Å²) < 4.78 is 4.73. The number of carbonyl (C=O) groups excluding carboxylic acids is 1. The van der Waals surface area contributed by atoms with Gasteiger partial charge in [-0.05, 0) is 13.3 Å². The molecule has 0 aromatic carbocycles. The Hall–Kier alpha value is -0.697. The van der Waals surface area contributed by atoms with Crippen LogP contribution in [0.2, 0.25) is 0 Å². The van der Waals surface area contributed by atoms with E-state index in [1.54, 1.807) is 0 Å². The van der Waals surface area contributed by atoms with Crippen molar-refractivity contribution in [3.63, 3.8) is 0 Å². The fourth-order valence-corrected chi connectivity index (χ4v) is 1.49. The Bertz CT molecular complexity index is 287. The number of carboxylic acids is 1. The molecule has 19 heavy (non-hydrogen) atoms. The summed E-state index contributed by atoms with van der Waals surface area (Å²) in [6, 6.07) is 0. The van der Waals surface area contributed by atoms with Crippen LogP contribution in [-0.2, 0) is 33.8 Å². The van der Waals surface area contributed by atoms with E-state index in [-0.39, 0.29) is 31.0 Å². The molecule has 0 radical (unpaired) electrons. The molecule has 1 N–H and O–H groups in total. The quantitative estimate of drug-likeness (QED) is 0.219. The number of hydrogen-bond acceptors (Lipinski definition) is 3. The minimum absolute atomic E-state index is 0. The fourth-order valence-electron chi connectivity index (χ4n) is 1.49. The first kappa shape index (κ1) is 20.6. The zero-order valence-electron chi connectivity index (χ0n) is 12.1. The third kappa shape index (κ3) is 13.5. The number of carboxylic acid groups (broad SMARTS) is 1. The van der Waals surface area contributed by atoms with E-state index in [0.717, 1.165) is 25.5 Å². The average molecular weight is 322 g/mol. The maximum atomic E-state index is 11.2. The second kappa shape index (κ2) is 13.7. The first-order valence-electron chi connectivity index (χ1n) is 6.67. The summed E-state index contributed by atoms with van der Waals surface area (Å²) in [5, 5.41) is 8.55. The van der Waals surface area contributed by atoms with Crippen LogP contribution in [0.5, 0.6) is 0 Å². The summed E-state index contributed by atoms with van der Waals surface area (Å²) >= 11 is 0. The zero-order chi connectivity index (χ0) is 13.8. The number of rotatable bonds is 10. The molecule has 5 heteroatoms. The van der Waals surface area contributed by atoms with Gasteiger partial charge in [0.25, 0.3) is 0 Å². The Labute approximate surface area is 128 Å². The van der Waals surface area contributed by atoms with Crippen molar-refractivity contribution in [1.29, 1.82) is 0 Å². The third-order valence-electron chi connectivity index (χ3n) is 2.69. The van der Waals surface area contributed by atoms with Crippen LogP contribution < -0.4 is 0 Å². The van der Waals surface area contributed by atoms with Gasteiger partial charge in [0.15, 0.2) is 0 Å². The SMILES string of the molecule is CCCCCCCCCC(=O)OC=C(C)C(=O)O.[Zn]. The van der Waals surface area contributed by atoms with Gasteiger partial charge in [-0.25, -0.2) is 4.79 Å². The minimum Gasteiger partial charge on any atom is -0.478 e. The van der Waals surface area contributed by atoms with Gasteiger partial charge in [0, 0.05) is 25.9 Å². The predicted molar refractivity (Wildman–Crippen MR) is 70.1 cm³/mol. The monoisotopic (exact) mass is 320 g/mol. The minimum atomic E-state index is -1.07. The van der Waals surface area contributed by atoms with Crippen molar-refractivity contribution in [2.75, 3.05) is 0 Å². The van der Waals surface area contributed by atoms with Crippen LogP contribution in [0.4, 0.5) is 0 Å². The Morgan fingerprint density at radius 3 is 2.11 bits per heavy atom. The van der Waals surface area contributed by atoms with E-state index in [2.05, 4.69) is 6.92 Å². The van der Waals surface area contributed by atoms with Crippen molar-refractivity contribution in [3.05, 3.63) is 11.8 Å². The Kier molecular flexibility index (Phi) is 14.9. The topological polar surface area (TPSA) is 63.6 Å². The maximum Gasteiger partial charge on any atom is 0.334 e. The summed E-state index contributed by atoms with van der Waals surface area (Å²) in [6.45, 7) is 3.58. The molecule has 4 nitrogen and oxygen atoms in total. The average Bonchev–Trinajstić information content (AvgIpc) is 2.34. The summed E-state index contributed by atoms with van der Waals surface area (Å²) in [5.74, 6) is -1.43. The first-order valence-corrected chi connectivity index (χ1v) is 6.67. The van der Waals surface area contributed by atoms with Gasteiger partial charge in [0.2, 0.25) is 0 Å². The molecule has 0 atom stereocenters. The van der Waals surface area contributed by atoms with Crippen LogP contribution in [0.25, 0.3) is 0 Å². The van der Waals surface area contributed by atoms with Gasteiger partial charge in [0.05, 0.1) is 5.57 Å². The predicted octanol–water partition coefficient (Wildman–Crippen LogP) is 3.66. The van der Waals surface area contributed by atoms with Gasteiger partial charge in [-0.2, -0.15) is 0 Å². The molecule has 0 fully saturated rings. The summed E-state index contributed by atoms with van der Waals surface area (Å²) in [4.78, 5) is 21.7. The molecule has 0 heterocycles. The largest absolute Gasteiger partial charge is 0.478 e. The molecular weight excluding hydrogens is 298 g/mol. The third-order valence-corrected chi connectivity index (χ3v) is 2.69. The second-order valence-electron chi connectivity index (χ2n) is 4.47. The van der Waals surface area contributed by atoms with E-state index in [1.165, 1.54) is 32.6 Å². The number of aliphatic carboxylic acids is 1. The van der Waals surface area contributed by atoms with Crippen LogP contribution in [0, 0.1) is 0 Å². The van der Waals surface area contributed by atoms with E-state index >= 15 is 0 Å². The molecule has 0 aliphatic heterocycles. The van der Waals surface area contributed by atoms with Crippen LogP contribution in [0.3, 0.4) is 0 Å². The van der Waals surface area contributed by atoms with Crippen molar-refractivity contribution in [3.8, 4) is 0 Å². The Morgan fingerprint density at radius 2 is 1.58 bits per heavy atom. The molecule has 0 spiro atoms. The molecule has 0 unspecified atom stereocenters. The van der Waals surface area contributed by atoms with Gasteiger partial charge >= 0.3 is 11.9 Å². The van der Waals surface area contributed by atoms with Gasteiger partial charge < -0.3 is 9.84 Å². The molecule has 0 saturated carbocycles. The first-order chi connectivity index (χ1) is 8.57. The maximum absolute atomic E-state index is 11.2. The van der Waals surface area contributed by atoms with Gasteiger partial charge in [-0.1, -0.05) is 45.4 Å². The van der Waals surface area contributed by atoms with E-state index < -0.39 is 5.97 Å². The normalized spacial score (nSPS) is 10.7. The van der Waals surface area contributed by atoms with Crippen LogP contribution >= 0.6 is 0 Å². The Morgan fingerprint density at radius 1 is 1.05 bits per heavy atom. The number of unbranched alkanes of at least 4 members (excludes halogenated alkanes) is 6. The zero-order valence-corrected chi connectivity index (χ0v) is 15.1. The molecule has 106 valence electrons. The van der Waals surface area contributed by atoms with Crippen LogP contribution in [-0.4, -0.2) is 17.0 Å². The summed E-state index contributed by atoms with van der Waals surface area (Å²) in [5.41, 5.74) is 0.0305. The molecule has 0 rings (SSSR count). The Balaban J connectivity index is 0. The van der Waals surface area contributed by atoms with Crippen molar-refractivity contribution in [2.45, 2.75) is 65.2 Å². The molecule has 0 bridgehead atoms. The van der Waals surface area contributed by atoms with Gasteiger partial charge in [-0.3, -0.25) is 4.79 Å².